The second-order valence-corrected chi connectivity index (χ2v) is 9.67. The molecule has 0 fully saturated rings. The first-order chi connectivity index (χ1) is 21.8. The molecule has 0 amide bonds. The molecule has 47 heavy (non-hydrogen) atoms. The third-order valence-electron chi connectivity index (χ3n) is 6.43. The Balaban J connectivity index is 0.000000321. The van der Waals surface area contributed by atoms with Gasteiger partial charge in [0.25, 0.3) is 11.4 Å². The number of benzene rings is 4. The Hall–Kier alpha value is -5.81. The molecule has 0 aliphatic carbocycles. The van der Waals surface area contributed by atoms with Crippen LogP contribution < -0.4 is 9.80 Å². The van der Waals surface area contributed by atoms with Gasteiger partial charge >= 0.3 is 0 Å². The zero-order valence-corrected chi connectivity index (χ0v) is 26.7. The molecule has 249 valence electrons. The molecule has 0 atom stereocenters. The van der Waals surface area contributed by atoms with Gasteiger partial charge in [-0.05, 0) is 50.2 Å². The molecule has 17 heteroatoms. The van der Waals surface area contributed by atoms with Gasteiger partial charge in [-0.15, -0.1) is 20.5 Å². The molecule has 0 aliphatic rings. The normalized spacial score (nSPS) is 10.6. The van der Waals surface area contributed by atoms with E-state index in [-0.39, 0.29) is 73.9 Å². The van der Waals surface area contributed by atoms with Crippen molar-refractivity contribution in [3.05, 3.63) is 93.0 Å². The van der Waals surface area contributed by atoms with Crippen LogP contribution in [0.5, 0.6) is 23.0 Å². The summed E-state index contributed by atoms with van der Waals surface area (Å²) in [6.07, 6.45) is 0. The Bertz CT molecular complexity index is 1780. The predicted molar refractivity (Wildman–Crippen MR) is 172 cm³/mol. The Kier molecular flexibility index (Phi) is 13.5. The molecule has 4 rings (SSSR count). The molecule has 4 N–H and O–H groups in total. The minimum atomic E-state index is -0.619. The zero-order chi connectivity index (χ0) is 34.0. The Morgan fingerprint density at radius 3 is 1.43 bits per heavy atom. The molecular weight excluding hydrogens is 659 g/mol. The first-order valence-electron chi connectivity index (χ1n) is 13.7. The van der Waals surface area contributed by atoms with Crippen molar-refractivity contribution < 1.29 is 47.1 Å². The summed E-state index contributed by atoms with van der Waals surface area (Å²) in [5, 5.41) is 75.9. The fourth-order valence-corrected chi connectivity index (χ4v) is 3.89. The molecule has 1 radical (unpaired) electrons. The topological polar surface area (TPSA) is 223 Å². The number of azo groups is 2. The van der Waals surface area contributed by atoms with Gasteiger partial charge in [0.2, 0.25) is 0 Å². The van der Waals surface area contributed by atoms with Crippen LogP contribution in [0.3, 0.4) is 0 Å². The molecule has 0 spiro atoms. The van der Waals surface area contributed by atoms with Crippen LogP contribution in [0.25, 0.3) is 0 Å². The number of aromatic hydroxyl groups is 4. The SMILES string of the molecule is CCN(CC)c1ccc(N=Nc2cc([N+](=O)[O-])ccc2O)c(O)c1.CN(C)c1ccc(N=Nc2ccc([N+](=O)[O-])cc2O)c(O)c1.[Co]. The summed E-state index contributed by atoms with van der Waals surface area (Å²) in [5.41, 5.74) is 1.67. The van der Waals surface area contributed by atoms with E-state index < -0.39 is 9.85 Å². The van der Waals surface area contributed by atoms with Gasteiger partial charge in [0, 0.05) is 85.7 Å². The van der Waals surface area contributed by atoms with E-state index in [4.69, 9.17) is 0 Å². The third-order valence-corrected chi connectivity index (χ3v) is 6.43. The Morgan fingerprint density at radius 2 is 0.979 bits per heavy atom. The maximum Gasteiger partial charge on any atom is 0.273 e. The first-order valence-corrected chi connectivity index (χ1v) is 13.7. The third kappa shape index (κ3) is 10.1. The van der Waals surface area contributed by atoms with Gasteiger partial charge in [0.15, 0.2) is 0 Å². The second-order valence-electron chi connectivity index (χ2n) is 9.67. The molecular formula is C30H32CoN8O8. The number of hydrogen-bond donors (Lipinski definition) is 4. The van der Waals surface area contributed by atoms with E-state index >= 15 is 0 Å². The number of anilines is 2. The maximum absolute atomic E-state index is 10.8. The maximum atomic E-state index is 10.8. The van der Waals surface area contributed by atoms with Crippen LogP contribution >= 0.6 is 0 Å². The molecule has 0 unspecified atom stereocenters. The summed E-state index contributed by atoms with van der Waals surface area (Å²) in [4.78, 5) is 24.0. The van der Waals surface area contributed by atoms with Gasteiger partial charge in [0.05, 0.1) is 15.9 Å². The number of hydrogen-bond acceptors (Lipinski definition) is 14. The summed E-state index contributed by atoms with van der Waals surface area (Å²) < 4.78 is 0. The predicted octanol–water partition coefficient (Wildman–Crippen LogP) is 7.75. The van der Waals surface area contributed by atoms with Gasteiger partial charge in [0.1, 0.15) is 45.7 Å². The van der Waals surface area contributed by atoms with Crippen molar-refractivity contribution in [2.45, 2.75) is 13.8 Å². The van der Waals surface area contributed by atoms with Gasteiger partial charge < -0.3 is 30.2 Å². The molecule has 16 nitrogen and oxygen atoms in total. The number of nitro groups is 2. The zero-order valence-electron chi connectivity index (χ0n) is 25.7. The summed E-state index contributed by atoms with van der Waals surface area (Å²) in [6, 6.07) is 16.8. The number of nitro benzene ring substituents is 2. The molecule has 0 bridgehead atoms. The van der Waals surface area contributed by atoms with E-state index in [1.165, 1.54) is 30.3 Å². The van der Waals surface area contributed by atoms with Crippen molar-refractivity contribution in [3.63, 3.8) is 0 Å². The van der Waals surface area contributed by atoms with Crippen LogP contribution in [-0.4, -0.2) is 57.5 Å². The van der Waals surface area contributed by atoms with Crippen LogP contribution in [0.1, 0.15) is 13.8 Å². The molecule has 0 saturated carbocycles. The summed E-state index contributed by atoms with van der Waals surface area (Å²) in [7, 11) is 3.68. The molecule has 0 aliphatic heterocycles. The van der Waals surface area contributed by atoms with Crippen LogP contribution in [0.15, 0.2) is 93.3 Å². The van der Waals surface area contributed by atoms with Crippen molar-refractivity contribution >= 4 is 45.5 Å². The van der Waals surface area contributed by atoms with E-state index in [0.717, 1.165) is 36.6 Å². The molecule has 4 aromatic rings. The average molecular weight is 692 g/mol. The number of phenols is 4. The van der Waals surface area contributed by atoms with E-state index in [9.17, 15) is 40.7 Å². The summed E-state index contributed by atoms with van der Waals surface area (Å²) in [6.45, 7) is 5.63. The van der Waals surface area contributed by atoms with Gasteiger partial charge in [-0.3, -0.25) is 20.2 Å². The smallest absolute Gasteiger partial charge is 0.273 e. The van der Waals surface area contributed by atoms with Crippen molar-refractivity contribution in [2.24, 2.45) is 20.5 Å². The molecule has 0 heterocycles. The summed E-state index contributed by atoms with van der Waals surface area (Å²) >= 11 is 0. The van der Waals surface area contributed by atoms with Crippen molar-refractivity contribution in [1.29, 1.82) is 0 Å². The van der Waals surface area contributed by atoms with Crippen LogP contribution in [0, 0.1) is 20.2 Å². The number of phenolic OH excluding ortho intramolecular Hbond substituents is 4. The first kappa shape index (κ1) is 37.4. The standard InChI is InChI=1S/C16H18N4O4.C14H14N4O4.Co/c1-3-19(4-2)11-5-7-13(16(22)10-11)17-18-14-9-12(20(23)24)6-8-15(14)21;1-17(2)9-3-5-11(13(19)7-9)15-16-12-6-4-10(18(21)22)8-14(12)20;/h5-10,21-22H,3-4H2,1-2H3;3-8,19-20H,1-2H3;. The molecule has 0 saturated heterocycles. The van der Waals surface area contributed by atoms with E-state index in [2.05, 4.69) is 25.4 Å². The van der Waals surface area contributed by atoms with Gasteiger partial charge in [-0.1, -0.05) is 0 Å². The van der Waals surface area contributed by atoms with Crippen LogP contribution in [0.2, 0.25) is 0 Å². The summed E-state index contributed by atoms with van der Waals surface area (Å²) in [5.74, 6) is -0.713. The largest absolute Gasteiger partial charge is 0.506 e. The Morgan fingerprint density at radius 1 is 0.574 bits per heavy atom. The fourth-order valence-electron chi connectivity index (χ4n) is 3.89. The van der Waals surface area contributed by atoms with Gasteiger partial charge in [-0.25, -0.2) is 0 Å². The number of rotatable bonds is 10. The minimum Gasteiger partial charge on any atom is -0.506 e. The van der Waals surface area contributed by atoms with E-state index in [1.807, 2.05) is 32.8 Å². The van der Waals surface area contributed by atoms with Crippen molar-refractivity contribution in [2.75, 3.05) is 37.0 Å². The van der Waals surface area contributed by atoms with Crippen molar-refractivity contribution in [3.8, 4) is 23.0 Å². The number of nitrogens with zero attached hydrogens (tertiary/aromatic N) is 8. The monoisotopic (exact) mass is 691 g/mol. The molecule has 0 aromatic heterocycles. The fraction of sp³-hybridized carbons (Fsp3) is 0.200. The minimum absolute atomic E-state index is 0. The molecule has 4 aromatic carbocycles. The van der Waals surface area contributed by atoms with E-state index in [1.54, 1.807) is 30.3 Å². The van der Waals surface area contributed by atoms with E-state index in [0.29, 0.717) is 0 Å². The average Bonchev–Trinajstić information content (AvgIpc) is 3.02. The number of non-ortho nitro benzene ring substituents is 2. The van der Waals surface area contributed by atoms with Gasteiger partial charge in [-0.2, -0.15) is 0 Å². The van der Waals surface area contributed by atoms with Crippen molar-refractivity contribution in [1.82, 2.24) is 0 Å². The van der Waals surface area contributed by atoms with Crippen LogP contribution in [-0.2, 0) is 16.8 Å². The quantitative estimate of drug-likeness (QED) is 0.0718. The van der Waals surface area contributed by atoms with Crippen LogP contribution in [0.4, 0.5) is 45.5 Å². The second kappa shape index (κ2) is 17.0. The Labute approximate surface area is 279 Å².